The zero-order chi connectivity index (χ0) is 14.5. The Balaban J connectivity index is 1.89. The highest BCUT2D eigenvalue weighted by molar-refractivity contribution is 5.90. The van der Waals surface area contributed by atoms with Gasteiger partial charge in [0.25, 0.3) is 0 Å². The van der Waals surface area contributed by atoms with Crippen molar-refractivity contribution in [3.8, 4) is 0 Å². The molecule has 0 aliphatic carbocycles. The third-order valence-corrected chi connectivity index (χ3v) is 3.64. The van der Waals surface area contributed by atoms with Gasteiger partial charge in [0.05, 0.1) is 18.2 Å². The van der Waals surface area contributed by atoms with Crippen LogP contribution in [0.5, 0.6) is 0 Å². The Bertz CT molecular complexity index is 596. The van der Waals surface area contributed by atoms with E-state index in [9.17, 15) is 0 Å². The Labute approximate surface area is 125 Å². The third-order valence-electron chi connectivity index (χ3n) is 3.64. The fraction of sp³-hybridized carbons (Fsp3) is 0.500. The fourth-order valence-corrected chi connectivity index (χ4v) is 2.55. The summed E-state index contributed by atoms with van der Waals surface area (Å²) in [5.41, 5.74) is 0.963. The molecule has 1 atom stereocenters. The van der Waals surface area contributed by atoms with Gasteiger partial charge in [-0.25, -0.2) is 4.98 Å². The molecule has 0 bridgehead atoms. The summed E-state index contributed by atoms with van der Waals surface area (Å²) in [6, 6.07) is 8.44. The van der Waals surface area contributed by atoms with Gasteiger partial charge in [0, 0.05) is 18.5 Å². The summed E-state index contributed by atoms with van der Waals surface area (Å²) in [4.78, 5) is 9.22. The van der Waals surface area contributed by atoms with E-state index in [0.717, 1.165) is 55.7 Å². The van der Waals surface area contributed by atoms with Crippen LogP contribution in [0.1, 0.15) is 26.2 Å². The Morgan fingerprint density at radius 1 is 1.29 bits per heavy atom. The number of ether oxygens (including phenoxy) is 1. The third kappa shape index (κ3) is 3.42. The molecule has 1 unspecified atom stereocenters. The molecule has 1 aromatic heterocycles. The van der Waals surface area contributed by atoms with E-state index in [1.807, 2.05) is 18.2 Å². The van der Waals surface area contributed by atoms with Gasteiger partial charge < -0.3 is 15.4 Å². The van der Waals surface area contributed by atoms with Gasteiger partial charge >= 0.3 is 0 Å². The maximum Gasteiger partial charge on any atom is 0.225 e. The second kappa shape index (κ2) is 6.72. The summed E-state index contributed by atoms with van der Waals surface area (Å²) < 4.78 is 5.54. The number of nitrogens with one attached hydrogen (secondary N) is 2. The number of rotatable bonds is 5. The van der Waals surface area contributed by atoms with E-state index in [4.69, 9.17) is 4.74 Å². The molecule has 0 radical (unpaired) electrons. The van der Waals surface area contributed by atoms with Crippen LogP contribution in [0.2, 0.25) is 0 Å². The number of fused-ring (bicyclic) bond motifs is 1. The topological polar surface area (TPSA) is 59.1 Å². The zero-order valence-corrected chi connectivity index (χ0v) is 12.4. The standard InChI is InChI=1S/C16H22N4O/c1-2-9-17-16-19-14-8-4-3-7-13(14)15(20-16)18-12-6-5-10-21-11-12/h3-4,7-8,12H,2,5-6,9-11H2,1H3,(H2,17,18,19,20). The largest absolute Gasteiger partial charge is 0.379 e. The molecule has 5 nitrogen and oxygen atoms in total. The van der Waals surface area contributed by atoms with Crippen molar-refractivity contribution >= 4 is 22.7 Å². The van der Waals surface area contributed by atoms with Crippen LogP contribution in [-0.4, -0.2) is 35.8 Å². The Hall–Kier alpha value is -1.88. The number of hydrogen-bond donors (Lipinski definition) is 2. The van der Waals surface area contributed by atoms with Crippen LogP contribution in [-0.2, 0) is 4.74 Å². The van der Waals surface area contributed by atoms with Crippen molar-refractivity contribution in [2.45, 2.75) is 32.2 Å². The highest BCUT2D eigenvalue weighted by atomic mass is 16.5. The van der Waals surface area contributed by atoms with Crippen LogP contribution in [0.15, 0.2) is 24.3 Å². The molecule has 5 heteroatoms. The molecule has 112 valence electrons. The Kier molecular flexibility index (Phi) is 4.50. The molecular weight excluding hydrogens is 264 g/mol. The molecule has 1 aliphatic heterocycles. The second-order valence-electron chi connectivity index (χ2n) is 5.40. The number of para-hydroxylation sites is 1. The lowest BCUT2D eigenvalue weighted by atomic mass is 10.1. The van der Waals surface area contributed by atoms with Gasteiger partial charge in [-0.05, 0) is 31.4 Å². The van der Waals surface area contributed by atoms with E-state index in [2.05, 4.69) is 33.6 Å². The number of nitrogens with zero attached hydrogens (tertiary/aromatic N) is 2. The van der Waals surface area contributed by atoms with Crippen molar-refractivity contribution in [3.05, 3.63) is 24.3 Å². The minimum absolute atomic E-state index is 0.330. The quantitative estimate of drug-likeness (QED) is 0.884. The first-order valence-corrected chi connectivity index (χ1v) is 7.71. The average Bonchev–Trinajstić information content (AvgIpc) is 2.54. The number of aromatic nitrogens is 2. The van der Waals surface area contributed by atoms with Gasteiger partial charge in [-0.1, -0.05) is 19.1 Å². The van der Waals surface area contributed by atoms with Crippen molar-refractivity contribution < 1.29 is 4.74 Å². The smallest absolute Gasteiger partial charge is 0.225 e. The van der Waals surface area contributed by atoms with E-state index >= 15 is 0 Å². The monoisotopic (exact) mass is 286 g/mol. The summed E-state index contributed by atoms with van der Waals surface area (Å²) >= 11 is 0. The maximum absolute atomic E-state index is 5.54. The van der Waals surface area contributed by atoms with E-state index in [0.29, 0.717) is 12.0 Å². The molecule has 3 rings (SSSR count). The summed E-state index contributed by atoms with van der Waals surface area (Å²) in [6.07, 6.45) is 3.27. The first-order valence-electron chi connectivity index (χ1n) is 7.71. The molecule has 1 fully saturated rings. The number of hydrogen-bond acceptors (Lipinski definition) is 5. The summed E-state index contributed by atoms with van der Waals surface area (Å²) in [7, 11) is 0. The van der Waals surface area contributed by atoms with Crippen molar-refractivity contribution in [2.24, 2.45) is 0 Å². The first-order chi connectivity index (χ1) is 10.4. The van der Waals surface area contributed by atoms with Crippen molar-refractivity contribution in [1.29, 1.82) is 0 Å². The summed E-state index contributed by atoms with van der Waals surface area (Å²) in [5, 5.41) is 7.86. The predicted octanol–water partition coefficient (Wildman–Crippen LogP) is 3.04. The van der Waals surface area contributed by atoms with Crippen LogP contribution < -0.4 is 10.6 Å². The highest BCUT2D eigenvalue weighted by Crippen LogP contribution is 2.23. The molecular formula is C16H22N4O. The Morgan fingerprint density at radius 2 is 2.19 bits per heavy atom. The molecule has 21 heavy (non-hydrogen) atoms. The molecule has 0 spiro atoms. The number of anilines is 2. The first kappa shape index (κ1) is 14.1. The van der Waals surface area contributed by atoms with Crippen LogP contribution in [0.3, 0.4) is 0 Å². The normalized spacial score (nSPS) is 18.6. The van der Waals surface area contributed by atoms with Gasteiger partial charge in [0.15, 0.2) is 0 Å². The van der Waals surface area contributed by atoms with E-state index in [1.165, 1.54) is 0 Å². The summed E-state index contributed by atoms with van der Waals surface area (Å²) in [6.45, 7) is 4.62. The van der Waals surface area contributed by atoms with Gasteiger partial charge in [-0.3, -0.25) is 0 Å². The van der Waals surface area contributed by atoms with Crippen LogP contribution in [0.4, 0.5) is 11.8 Å². The lowest BCUT2D eigenvalue weighted by Gasteiger charge is -2.24. The summed E-state index contributed by atoms with van der Waals surface area (Å²) in [5.74, 6) is 1.59. The van der Waals surface area contributed by atoms with E-state index < -0.39 is 0 Å². The van der Waals surface area contributed by atoms with Gasteiger partial charge in [0.2, 0.25) is 5.95 Å². The molecule has 0 amide bonds. The number of benzene rings is 1. The van der Waals surface area contributed by atoms with E-state index in [-0.39, 0.29) is 0 Å². The molecule has 1 aromatic carbocycles. The van der Waals surface area contributed by atoms with Crippen LogP contribution in [0, 0.1) is 0 Å². The lowest BCUT2D eigenvalue weighted by Crippen LogP contribution is -2.30. The Morgan fingerprint density at radius 3 is 3.00 bits per heavy atom. The van der Waals surface area contributed by atoms with Gasteiger partial charge in [-0.15, -0.1) is 0 Å². The molecule has 1 saturated heterocycles. The van der Waals surface area contributed by atoms with Crippen molar-refractivity contribution in [2.75, 3.05) is 30.4 Å². The molecule has 2 N–H and O–H groups in total. The minimum atomic E-state index is 0.330. The second-order valence-corrected chi connectivity index (χ2v) is 5.40. The van der Waals surface area contributed by atoms with Crippen LogP contribution >= 0.6 is 0 Å². The van der Waals surface area contributed by atoms with Gasteiger partial charge in [0.1, 0.15) is 5.82 Å². The molecule has 0 saturated carbocycles. The molecule has 2 aromatic rings. The SMILES string of the molecule is CCCNc1nc(NC2CCCOC2)c2ccccc2n1. The zero-order valence-electron chi connectivity index (χ0n) is 12.4. The van der Waals surface area contributed by atoms with E-state index in [1.54, 1.807) is 0 Å². The van der Waals surface area contributed by atoms with Crippen LogP contribution in [0.25, 0.3) is 10.9 Å². The van der Waals surface area contributed by atoms with Crippen molar-refractivity contribution in [3.63, 3.8) is 0 Å². The predicted molar refractivity (Wildman–Crippen MR) is 85.8 cm³/mol. The minimum Gasteiger partial charge on any atom is -0.379 e. The molecule has 2 heterocycles. The van der Waals surface area contributed by atoms with Crippen molar-refractivity contribution in [1.82, 2.24) is 9.97 Å². The van der Waals surface area contributed by atoms with Gasteiger partial charge in [-0.2, -0.15) is 4.98 Å². The average molecular weight is 286 g/mol. The highest BCUT2D eigenvalue weighted by Gasteiger charge is 2.16. The maximum atomic E-state index is 5.54. The molecule has 1 aliphatic rings. The fourth-order valence-electron chi connectivity index (χ4n) is 2.55. The lowest BCUT2D eigenvalue weighted by molar-refractivity contribution is 0.0875.